The molecule has 1 heterocycles. The molecule has 0 bridgehead atoms. The lowest BCUT2D eigenvalue weighted by molar-refractivity contribution is 0.116. The number of hydrogen-bond donors (Lipinski definition) is 0. The maximum atomic E-state index is 11.9. The second-order valence-corrected chi connectivity index (χ2v) is 5.32. The van der Waals surface area contributed by atoms with E-state index in [0.717, 1.165) is 25.7 Å². The van der Waals surface area contributed by atoms with Gasteiger partial charge >= 0.3 is 7.82 Å². The molecule has 0 atom stereocenters. The van der Waals surface area contributed by atoms with E-state index >= 15 is 0 Å². The molecule has 0 aromatic heterocycles. The van der Waals surface area contributed by atoms with Gasteiger partial charge in [0.1, 0.15) is 0 Å². The van der Waals surface area contributed by atoms with E-state index in [1.165, 1.54) is 12.8 Å². The van der Waals surface area contributed by atoms with Crippen molar-refractivity contribution in [1.29, 1.82) is 0 Å². The van der Waals surface area contributed by atoms with Crippen LogP contribution < -0.4 is 0 Å². The number of phosphoric acid groups is 1. The van der Waals surface area contributed by atoms with Crippen molar-refractivity contribution in [2.24, 2.45) is 0 Å². The summed E-state index contributed by atoms with van der Waals surface area (Å²) >= 11 is 0. The summed E-state index contributed by atoms with van der Waals surface area (Å²) in [5.74, 6) is 0. The molecule has 0 spiro atoms. The van der Waals surface area contributed by atoms with E-state index < -0.39 is 7.82 Å². The lowest BCUT2D eigenvalue weighted by Crippen LogP contribution is -2.02. The van der Waals surface area contributed by atoms with Crippen molar-refractivity contribution in [2.45, 2.75) is 45.4 Å². The zero-order valence-corrected chi connectivity index (χ0v) is 10.3. The maximum Gasteiger partial charge on any atom is 0.474 e. The summed E-state index contributed by atoms with van der Waals surface area (Å²) in [5, 5.41) is 0. The van der Waals surface area contributed by atoms with Crippen molar-refractivity contribution < 1.29 is 18.1 Å². The molecular weight excluding hydrogens is 215 g/mol. The summed E-state index contributed by atoms with van der Waals surface area (Å²) in [4.78, 5) is 0. The SMILES string of the molecule is CCOP1(=O)OCCCCCCCCO1. The second kappa shape index (κ2) is 7.39. The monoisotopic (exact) mass is 236 g/mol. The first-order valence-corrected chi connectivity index (χ1v) is 7.26. The fourth-order valence-electron chi connectivity index (χ4n) is 1.53. The van der Waals surface area contributed by atoms with Crippen LogP contribution in [0.15, 0.2) is 0 Å². The summed E-state index contributed by atoms with van der Waals surface area (Å²) in [7, 11) is -3.25. The van der Waals surface area contributed by atoms with Crippen molar-refractivity contribution in [3.63, 3.8) is 0 Å². The Hall–Kier alpha value is 0.110. The van der Waals surface area contributed by atoms with Gasteiger partial charge in [0.05, 0.1) is 19.8 Å². The molecule has 15 heavy (non-hydrogen) atoms. The number of hydrogen-bond acceptors (Lipinski definition) is 4. The Bertz CT molecular complexity index is 192. The van der Waals surface area contributed by atoms with Gasteiger partial charge in [-0.1, -0.05) is 25.7 Å². The van der Waals surface area contributed by atoms with Crippen molar-refractivity contribution in [3.8, 4) is 0 Å². The lowest BCUT2D eigenvalue weighted by Gasteiger charge is -2.16. The molecule has 0 saturated carbocycles. The van der Waals surface area contributed by atoms with Crippen LogP contribution in [0, 0.1) is 0 Å². The first-order chi connectivity index (χ1) is 7.27. The molecule has 1 fully saturated rings. The van der Waals surface area contributed by atoms with Crippen LogP contribution in [0.4, 0.5) is 0 Å². The van der Waals surface area contributed by atoms with Gasteiger partial charge in [0.15, 0.2) is 0 Å². The first kappa shape index (κ1) is 13.2. The predicted molar refractivity (Wildman–Crippen MR) is 58.8 cm³/mol. The molecule has 1 saturated heterocycles. The van der Waals surface area contributed by atoms with Crippen LogP contribution in [0.25, 0.3) is 0 Å². The third kappa shape index (κ3) is 5.67. The van der Waals surface area contributed by atoms with Gasteiger partial charge in [-0.25, -0.2) is 4.57 Å². The Labute approximate surface area is 91.9 Å². The summed E-state index contributed by atoms with van der Waals surface area (Å²) in [6.45, 7) is 3.09. The van der Waals surface area contributed by atoms with Gasteiger partial charge in [0, 0.05) is 0 Å². The summed E-state index contributed by atoms with van der Waals surface area (Å²) < 4.78 is 27.4. The molecule has 0 N–H and O–H groups in total. The molecule has 0 radical (unpaired) electrons. The third-order valence-electron chi connectivity index (χ3n) is 2.32. The number of phosphoric ester groups is 1. The molecule has 1 aliphatic rings. The van der Waals surface area contributed by atoms with Crippen molar-refractivity contribution in [3.05, 3.63) is 0 Å². The first-order valence-electron chi connectivity index (χ1n) is 5.80. The van der Waals surface area contributed by atoms with Crippen molar-refractivity contribution in [1.82, 2.24) is 0 Å². The molecule has 5 heteroatoms. The van der Waals surface area contributed by atoms with Crippen LogP contribution in [0.1, 0.15) is 45.4 Å². The van der Waals surface area contributed by atoms with E-state index in [-0.39, 0.29) is 0 Å². The molecule has 0 amide bonds. The van der Waals surface area contributed by atoms with Gasteiger partial charge < -0.3 is 0 Å². The van der Waals surface area contributed by atoms with Gasteiger partial charge in [-0.15, -0.1) is 0 Å². The second-order valence-electron chi connectivity index (χ2n) is 3.65. The topological polar surface area (TPSA) is 44.8 Å². The Kier molecular flexibility index (Phi) is 6.50. The minimum absolute atomic E-state index is 0.358. The lowest BCUT2D eigenvalue weighted by atomic mass is 10.1. The molecule has 0 aromatic carbocycles. The fraction of sp³-hybridized carbons (Fsp3) is 1.00. The summed E-state index contributed by atoms with van der Waals surface area (Å²) in [5.41, 5.74) is 0. The van der Waals surface area contributed by atoms with E-state index in [0.29, 0.717) is 19.8 Å². The molecule has 0 aromatic rings. The quantitative estimate of drug-likeness (QED) is 0.688. The Morgan fingerprint density at radius 2 is 1.47 bits per heavy atom. The van der Waals surface area contributed by atoms with E-state index in [9.17, 15) is 4.57 Å². The van der Waals surface area contributed by atoms with Gasteiger partial charge in [-0.3, -0.25) is 13.6 Å². The molecular formula is C10H21O4P. The maximum absolute atomic E-state index is 11.9. The Morgan fingerprint density at radius 3 is 1.93 bits per heavy atom. The highest BCUT2D eigenvalue weighted by molar-refractivity contribution is 7.48. The Balaban J connectivity index is 2.41. The average Bonchev–Trinajstić information content (AvgIpc) is 2.24. The summed E-state index contributed by atoms with van der Waals surface area (Å²) in [6, 6.07) is 0. The fourth-order valence-corrected chi connectivity index (χ4v) is 2.78. The van der Waals surface area contributed by atoms with Crippen molar-refractivity contribution in [2.75, 3.05) is 19.8 Å². The highest BCUT2D eigenvalue weighted by atomic mass is 31.2. The third-order valence-corrected chi connectivity index (χ3v) is 3.90. The minimum atomic E-state index is -3.25. The Morgan fingerprint density at radius 1 is 1.00 bits per heavy atom. The average molecular weight is 236 g/mol. The normalized spacial score (nSPS) is 24.3. The standard InChI is InChI=1S/C10H21O4P/c1-2-12-15(11)13-9-7-5-3-4-6-8-10-14-15/h2-10H2,1H3. The molecule has 1 rings (SSSR count). The molecule has 4 nitrogen and oxygen atoms in total. The van der Waals surface area contributed by atoms with Crippen LogP contribution in [-0.4, -0.2) is 19.8 Å². The number of rotatable bonds is 2. The van der Waals surface area contributed by atoms with E-state index in [1.807, 2.05) is 0 Å². The zero-order valence-electron chi connectivity index (χ0n) is 9.44. The van der Waals surface area contributed by atoms with Gasteiger partial charge in [-0.05, 0) is 19.8 Å². The van der Waals surface area contributed by atoms with Gasteiger partial charge in [0.2, 0.25) is 0 Å². The van der Waals surface area contributed by atoms with E-state index in [4.69, 9.17) is 13.6 Å². The summed E-state index contributed by atoms with van der Waals surface area (Å²) in [6.07, 6.45) is 6.57. The van der Waals surface area contributed by atoms with Crippen LogP contribution in [0.2, 0.25) is 0 Å². The van der Waals surface area contributed by atoms with Crippen LogP contribution >= 0.6 is 7.82 Å². The smallest absolute Gasteiger partial charge is 0.287 e. The van der Waals surface area contributed by atoms with Crippen LogP contribution in [-0.2, 0) is 18.1 Å². The molecule has 1 aliphatic heterocycles. The van der Waals surface area contributed by atoms with Gasteiger partial charge in [-0.2, -0.15) is 0 Å². The van der Waals surface area contributed by atoms with Crippen molar-refractivity contribution >= 4 is 7.82 Å². The van der Waals surface area contributed by atoms with Gasteiger partial charge in [0.25, 0.3) is 0 Å². The predicted octanol–water partition coefficient (Wildman–Crippen LogP) is 3.52. The van der Waals surface area contributed by atoms with E-state index in [2.05, 4.69) is 0 Å². The van der Waals surface area contributed by atoms with E-state index in [1.54, 1.807) is 6.92 Å². The zero-order chi connectivity index (χ0) is 11.0. The van der Waals surface area contributed by atoms with Crippen LogP contribution in [0.3, 0.4) is 0 Å². The largest absolute Gasteiger partial charge is 0.474 e. The minimum Gasteiger partial charge on any atom is -0.287 e. The van der Waals surface area contributed by atoms with Crippen LogP contribution in [0.5, 0.6) is 0 Å². The highest BCUT2D eigenvalue weighted by Gasteiger charge is 2.25. The molecule has 0 unspecified atom stereocenters. The molecule has 90 valence electrons. The molecule has 0 aliphatic carbocycles. The highest BCUT2D eigenvalue weighted by Crippen LogP contribution is 2.49.